The van der Waals surface area contributed by atoms with E-state index >= 15 is 0 Å². The lowest BCUT2D eigenvalue weighted by molar-refractivity contribution is 0.216. The van der Waals surface area contributed by atoms with Crippen LogP contribution >= 0.6 is 11.3 Å². The second-order valence-electron chi connectivity index (χ2n) is 12.0. The number of nitrogens with one attached hydrogen (secondary N) is 2. The number of para-hydroxylation sites is 3. The second-order valence-corrected chi connectivity index (χ2v) is 15.2. The molecule has 0 radical (unpaired) electrons. The number of sulfone groups is 1. The molecule has 0 unspecified atom stereocenters. The summed E-state index contributed by atoms with van der Waals surface area (Å²) < 4.78 is 25.6. The molecule has 0 atom stereocenters. The Balaban J connectivity index is 0.000000151. The van der Waals surface area contributed by atoms with Crippen LogP contribution in [0.25, 0.3) is 10.9 Å². The number of anilines is 3. The van der Waals surface area contributed by atoms with Crippen LogP contribution in [-0.4, -0.2) is 88.4 Å². The summed E-state index contributed by atoms with van der Waals surface area (Å²) in [5, 5.41) is 8.96. The summed E-state index contributed by atoms with van der Waals surface area (Å²) in [6.07, 6.45) is 1.47. The Hall–Kier alpha value is -4.29. The summed E-state index contributed by atoms with van der Waals surface area (Å²) in [4.78, 5) is 18.4. The fraction of sp³-hybridized carbons (Fsp3) is 0.278. The summed E-state index contributed by atoms with van der Waals surface area (Å²) in [7, 11) is -1.37. The van der Waals surface area contributed by atoms with Crippen molar-refractivity contribution in [2.24, 2.45) is 4.99 Å². The largest absolute Gasteiger partial charge is 0.367 e. The topological polar surface area (TPSA) is 93.2 Å². The van der Waals surface area contributed by atoms with E-state index in [2.05, 4.69) is 74.6 Å². The van der Waals surface area contributed by atoms with Gasteiger partial charge in [0.15, 0.2) is 0 Å². The number of amidine groups is 1. The molecule has 2 fully saturated rings. The lowest BCUT2D eigenvalue weighted by Gasteiger charge is -2.34. The molecule has 2 aromatic heterocycles. The average molecular weight is 666 g/mol. The Bertz CT molecular complexity index is 2010. The number of likely N-dealkylation sites (N-methyl/N-ethyl adjacent to an activating group) is 1. The fourth-order valence-electron chi connectivity index (χ4n) is 6.17. The Morgan fingerprint density at radius 1 is 0.787 bits per heavy atom. The van der Waals surface area contributed by atoms with Crippen LogP contribution in [0.4, 0.5) is 22.1 Å². The summed E-state index contributed by atoms with van der Waals surface area (Å²) in [6.45, 7) is 10.1. The number of piperazine rings is 2. The van der Waals surface area contributed by atoms with E-state index in [4.69, 9.17) is 4.99 Å². The molecule has 3 aliphatic heterocycles. The van der Waals surface area contributed by atoms with Crippen molar-refractivity contribution in [3.8, 4) is 0 Å². The van der Waals surface area contributed by atoms with Gasteiger partial charge < -0.3 is 25.3 Å². The lowest BCUT2D eigenvalue weighted by atomic mass is 10.1. The molecule has 0 saturated carbocycles. The van der Waals surface area contributed by atoms with Crippen molar-refractivity contribution in [3.05, 3.63) is 102 Å². The molecule has 2 saturated heterocycles. The molecule has 8 rings (SSSR count). The summed E-state index contributed by atoms with van der Waals surface area (Å²) in [6, 6.07) is 26.7. The van der Waals surface area contributed by atoms with Gasteiger partial charge in [0.1, 0.15) is 10.8 Å². The molecule has 0 spiro atoms. The molecular formula is C36H39N7O2S2. The molecule has 0 aliphatic carbocycles. The van der Waals surface area contributed by atoms with Crippen LogP contribution < -0.4 is 15.5 Å². The molecule has 3 aliphatic rings. The van der Waals surface area contributed by atoms with Crippen LogP contribution in [0.15, 0.2) is 106 Å². The third-order valence-electron chi connectivity index (χ3n) is 8.76. The number of benzene rings is 3. The van der Waals surface area contributed by atoms with Gasteiger partial charge in [-0.2, -0.15) is 0 Å². The number of aliphatic imine (C=N–C) groups is 1. The number of aryl methyl sites for hydroxylation is 1. The number of pyridine rings is 1. The van der Waals surface area contributed by atoms with Gasteiger partial charge in [-0.15, -0.1) is 11.3 Å². The van der Waals surface area contributed by atoms with Crippen LogP contribution in [0.2, 0.25) is 0 Å². The van der Waals surface area contributed by atoms with Crippen LogP contribution in [0.1, 0.15) is 10.4 Å². The highest BCUT2D eigenvalue weighted by Crippen LogP contribution is 2.39. The first-order chi connectivity index (χ1) is 22.9. The zero-order valence-electron chi connectivity index (χ0n) is 26.7. The predicted molar refractivity (Wildman–Crippen MR) is 193 cm³/mol. The second kappa shape index (κ2) is 13.4. The Morgan fingerprint density at radius 3 is 2.32 bits per heavy atom. The van der Waals surface area contributed by atoms with Gasteiger partial charge in [-0.05, 0) is 56.4 Å². The zero-order chi connectivity index (χ0) is 32.4. The lowest BCUT2D eigenvalue weighted by Crippen LogP contribution is -2.47. The van der Waals surface area contributed by atoms with Gasteiger partial charge in [-0.25, -0.2) is 13.4 Å². The molecule has 5 aromatic rings. The van der Waals surface area contributed by atoms with Crippen LogP contribution in [0, 0.1) is 6.92 Å². The first kappa shape index (κ1) is 31.3. The van der Waals surface area contributed by atoms with Crippen LogP contribution in [0.5, 0.6) is 0 Å². The Morgan fingerprint density at radius 2 is 1.53 bits per heavy atom. The molecule has 242 valence electrons. The molecule has 5 heterocycles. The minimum atomic E-state index is -3.55. The van der Waals surface area contributed by atoms with Crippen molar-refractivity contribution in [2.45, 2.75) is 16.7 Å². The molecule has 11 heteroatoms. The highest BCUT2D eigenvalue weighted by atomic mass is 32.2. The summed E-state index contributed by atoms with van der Waals surface area (Å²) in [5.74, 6) is 1.12. The van der Waals surface area contributed by atoms with E-state index in [1.165, 1.54) is 21.6 Å². The van der Waals surface area contributed by atoms with Crippen LogP contribution in [0.3, 0.4) is 0 Å². The minimum Gasteiger partial charge on any atom is -0.367 e. The average Bonchev–Trinajstić information content (AvgIpc) is 3.40. The monoisotopic (exact) mass is 665 g/mol. The van der Waals surface area contributed by atoms with Crippen molar-refractivity contribution in [3.63, 3.8) is 0 Å². The molecule has 3 aromatic carbocycles. The maximum absolute atomic E-state index is 12.8. The van der Waals surface area contributed by atoms with Gasteiger partial charge in [0.2, 0.25) is 9.84 Å². The summed E-state index contributed by atoms with van der Waals surface area (Å²) in [5.41, 5.74) is 5.26. The fourth-order valence-corrected chi connectivity index (χ4v) is 8.36. The van der Waals surface area contributed by atoms with E-state index in [0.717, 1.165) is 86.2 Å². The van der Waals surface area contributed by atoms with Gasteiger partial charge in [0, 0.05) is 68.8 Å². The molecular weight excluding hydrogens is 627 g/mol. The van der Waals surface area contributed by atoms with Crippen molar-refractivity contribution in [1.29, 1.82) is 0 Å². The van der Waals surface area contributed by atoms with Gasteiger partial charge in [0.05, 0.1) is 37.9 Å². The molecule has 2 N–H and O–H groups in total. The first-order valence-corrected chi connectivity index (χ1v) is 18.3. The Kier molecular flexibility index (Phi) is 8.96. The minimum absolute atomic E-state index is 0.226. The maximum atomic E-state index is 12.8. The van der Waals surface area contributed by atoms with Crippen LogP contribution in [-0.2, 0) is 9.84 Å². The molecule has 0 amide bonds. The number of rotatable bonds is 3. The maximum Gasteiger partial charge on any atom is 0.208 e. The normalized spacial score (nSPS) is 16.7. The third-order valence-corrected chi connectivity index (χ3v) is 11.5. The SMILES string of the molecule is Cc1cc2c(s1)Nc1ccccc1N=C2N1CCN(C)CC1.O=S(=O)(c1ccccc1)c1cnc2c(N3CCNCC3)cccc2c1. The van der Waals surface area contributed by atoms with E-state index in [1.54, 1.807) is 47.7 Å². The van der Waals surface area contributed by atoms with Gasteiger partial charge in [-0.1, -0.05) is 42.5 Å². The van der Waals surface area contributed by atoms with E-state index < -0.39 is 9.84 Å². The number of aromatic nitrogens is 1. The number of thiophene rings is 1. The number of hydrogen-bond donors (Lipinski definition) is 2. The van der Waals surface area contributed by atoms with E-state index in [1.807, 2.05) is 18.2 Å². The number of fused-ring (bicyclic) bond motifs is 3. The van der Waals surface area contributed by atoms with Crippen molar-refractivity contribution < 1.29 is 8.42 Å². The Labute approximate surface area is 280 Å². The smallest absolute Gasteiger partial charge is 0.208 e. The van der Waals surface area contributed by atoms with Crippen molar-refractivity contribution >= 4 is 60.0 Å². The third kappa shape index (κ3) is 6.62. The predicted octanol–water partition coefficient (Wildman–Crippen LogP) is 5.92. The van der Waals surface area contributed by atoms with Crippen molar-refractivity contribution in [1.82, 2.24) is 20.1 Å². The quantitative estimate of drug-likeness (QED) is 0.246. The van der Waals surface area contributed by atoms with Gasteiger partial charge >= 0.3 is 0 Å². The summed E-state index contributed by atoms with van der Waals surface area (Å²) >= 11 is 1.81. The molecule has 47 heavy (non-hydrogen) atoms. The van der Waals surface area contributed by atoms with E-state index in [-0.39, 0.29) is 9.79 Å². The number of hydrogen-bond acceptors (Lipinski definition) is 10. The van der Waals surface area contributed by atoms with Gasteiger partial charge in [-0.3, -0.25) is 4.98 Å². The van der Waals surface area contributed by atoms with Crippen molar-refractivity contribution in [2.75, 3.05) is 69.6 Å². The molecule has 9 nitrogen and oxygen atoms in total. The highest BCUT2D eigenvalue weighted by Gasteiger charge is 2.25. The highest BCUT2D eigenvalue weighted by molar-refractivity contribution is 7.91. The van der Waals surface area contributed by atoms with E-state index in [0.29, 0.717) is 0 Å². The zero-order valence-corrected chi connectivity index (χ0v) is 28.3. The first-order valence-electron chi connectivity index (χ1n) is 16.0. The standard InChI is InChI=1S/C19H19N3O2S.C17H20N4S/c23-25(24,16-6-2-1-3-7-16)17-13-15-5-4-8-18(19(15)21-14-17)22-11-9-20-10-12-22;1-12-11-13-16(21-9-7-20(2)8-10-21)18-14-5-3-4-6-15(14)19-17(13)22-12/h1-8,13-14,20H,9-12H2;3-6,11,19H,7-10H2,1-2H3. The number of nitrogens with zero attached hydrogens (tertiary/aromatic N) is 5. The van der Waals surface area contributed by atoms with E-state index in [9.17, 15) is 8.42 Å². The van der Waals surface area contributed by atoms with Gasteiger partial charge in [0.25, 0.3) is 0 Å². The molecule has 0 bridgehead atoms.